The first kappa shape index (κ1) is 22.8. The van der Waals surface area contributed by atoms with Gasteiger partial charge in [0.05, 0.1) is 14.2 Å². The summed E-state index contributed by atoms with van der Waals surface area (Å²) in [7, 11) is 3.39. The average molecular weight is 477 g/mol. The SMILES string of the molecule is COc1cccc(CN2CCC3(CC2)CN(C(=O)c2cccc(Cl)c2)c2ccc(OC)cc23)c1. The van der Waals surface area contributed by atoms with Crippen LogP contribution in [-0.2, 0) is 12.0 Å². The Morgan fingerprint density at radius 3 is 2.41 bits per heavy atom. The van der Waals surface area contributed by atoms with E-state index >= 15 is 0 Å². The minimum Gasteiger partial charge on any atom is -0.497 e. The van der Waals surface area contributed by atoms with Crippen LogP contribution in [0.2, 0.25) is 5.02 Å². The quantitative estimate of drug-likeness (QED) is 0.484. The van der Waals surface area contributed by atoms with E-state index in [4.69, 9.17) is 21.1 Å². The molecule has 0 aliphatic carbocycles. The lowest BCUT2D eigenvalue weighted by atomic mass is 9.74. The van der Waals surface area contributed by atoms with Crippen LogP contribution >= 0.6 is 11.6 Å². The van der Waals surface area contributed by atoms with Gasteiger partial charge >= 0.3 is 0 Å². The van der Waals surface area contributed by atoms with Crippen LogP contribution in [0.5, 0.6) is 11.5 Å². The van der Waals surface area contributed by atoms with Crippen molar-refractivity contribution in [1.29, 1.82) is 0 Å². The number of methoxy groups -OCH3 is 2. The fourth-order valence-electron chi connectivity index (χ4n) is 5.33. The third-order valence-electron chi connectivity index (χ3n) is 7.20. The fourth-order valence-corrected chi connectivity index (χ4v) is 5.52. The van der Waals surface area contributed by atoms with Crippen LogP contribution in [-0.4, -0.2) is 44.7 Å². The summed E-state index contributed by atoms with van der Waals surface area (Å²) < 4.78 is 10.9. The van der Waals surface area contributed by atoms with Crippen LogP contribution in [0, 0.1) is 0 Å². The molecule has 34 heavy (non-hydrogen) atoms. The van der Waals surface area contributed by atoms with Crippen molar-refractivity contribution in [2.24, 2.45) is 0 Å². The Bertz CT molecular complexity index is 1200. The number of halogens is 1. The van der Waals surface area contributed by atoms with E-state index in [1.54, 1.807) is 26.4 Å². The first-order valence-electron chi connectivity index (χ1n) is 11.6. The molecule has 1 amide bonds. The Balaban J connectivity index is 1.39. The van der Waals surface area contributed by atoms with E-state index in [9.17, 15) is 4.79 Å². The molecule has 2 aliphatic heterocycles. The van der Waals surface area contributed by atoms with Gasteiger partial charge in [0.25, 0.3) is 5.91 Å². The zero-order valence-electron chi connectivity index (χ0n) is 19.6. The molecule has 5 nitrogen and oxygen atoms in total. The average Bonchev–Trinajstić information content (AvgIpc) is 3.18. The summed E-state index contributed by atoms with van der Waals surface area (Å²) in [6.45, 7) is 3.50. The second kappa shape index (κ2) is 9.32. The number of anilines is 1. The Morgan fingerprint density at radius 2 is 1.68 bits per heavy atom. The van der Waals surface area contributed by atoms with Crippen LogP contribution in [0.25, 0.3) is 0 Å². The molecule has 0 bridgehead atoms. The molecule has 6 heteroatoms. The van der Waals surface area contributed by atoms with Crippen LogP contribution in [0.15, 0.2) is 66.7 Å². The van der Waals surface area contributed by atoms with Crippen molar-refractivity contribution in [2.45, 2.75) is 24.8 Å². The number of likely N-dealkylation sites (tertiary alicyclic amines) is 1. The Morgan fingerprint density at radius 1 is 0.941 bits per heavy atom. The molecule has 0 saturated carbocycles. The summed E-state index contributed by atoms with van der Waals surface area (Å²) in [6.07, 6.45) is 1.97. The first-order valence-corrected chi connectivity index (χ1v) is 12.0. The monoisotopic (exact) mass is 476 g/mol. The molecule has 0 aromatic heterocycles. The van der Waals surface area contributed by atoms with E-state index in [0.29, 0.717) is 17.1 Å². The normalized spacial score (nSPS) is 17.0. The van der Waals surface area contributed by atoms with Gasteiger partial charge in [-0.3, -0.25) is 9.69 Å². The number of fused-ring (bicyclic) bond motifs is 2. The zero-order chi connectivity index (χ0) is 23.7. The number of ether oxygens (including phenoxy) is 2. The number of benzene rings is 3. The van der Waals surface area contributed by atoms with Crippen molar-refractivity contribution >= 4 is 23.2 Å². The summed E-state index contributed by atoms with van der Waals surface area (Å²) in [5.41, 5.74) is 3.97. The molecule has 1 spiro atoms. The fraction of sp³-hybridized carbons (Fsp3) is 0.321. The highest BCUT2D eigenvalue weighted by atomic mass is 35.5. The number of rotatable bonds is 5. The second-order valence-electron chi connectivity index (χ2n) is 9.19. The van der Waals surface area contributed by atoms with Gasteiger partial charge in [-0.25, -0.2) is 0 Å². The maximum Gasteiger partial charge on any atom is 0.258 e. The summed E-state index contributed by atoms with van der Waals surface area (Å²) >= 11 is 6.18. The summed E-state index contributed by atoms with van der Waals surface area (Å²) in [5, 5.41) is 0.570. The van der Waals surface area contributed by atoms with Gasteiger partial charge in [-0.05, 0) is 85.6 Å². The predicted molar refractivity (Wildman–Crippen MR) is 135 cm³/mol. The predicted octanol–water partition coefficient (Wildman–Crippen LogP) is 5.55. The van der Waals surface area contributed by atoms with Gasteiger partial charge in [-0.2, -0.15) is 0 Å². The largest absolute Gasteiger partial charge is 0.497 e. The molecule has 1 fully saturated rings. The first-order chi connectivity index (χ1) is 16.5. The van der Waals surface area contributed by atoms with Gasteiger partial charge in [0.15, 0.2) is 0 Å². The van der Waals surface area contributed by atoms with Crippen molar-refractivity contribution in [3.05, 3.63) is 88.4 Å². The van der Waals surface area contributed by atoms with E-state index in [1.165, 1.54) is 11.1 Å². The molecule has 1 saturated heterocycles. The molecular weight excluding hydrogens is 448 g/mol. The standard InChI is InChI=1S/C28H29ClN2O3/c1-33-23-8-3-5-20(15-23)18-30-13-11-28(12-14-30)19-31(26-10-9-24(34-2)17-25(26)28)27(32)21-6-4-7-22(29)16-21/h3-10,15-17H,11-14,18-19H2,1-2H3. The van der Waals surface area contributed by atoms with Gasteiger partial charge in [-0.15, -0.1) is 0 Å². The molecule has 0 unspecified atom stereocenters. The molecule has 0 N–H and O–H groups in total. The van der Waals surface area contributed by atoms with Crippen LogP contribution in [0.1, 0.15) is 34.3 Å². The lowest BCUT2D eigenvalue weighted by molar-refractivity contribution is 0.0975. The Kier molecular flexibility index (Phi) is 6.24. The van der Waals surface area contributed by atoms with Gasteiger partial charge in [-0.1, -0.05) is 29.8 Å². The molecule has 176 valence electrons. The summed E-state index contributed by atoms with van der Waals surface area (Å²) in [4.78, 5) is 17.9. The van der Waals surface area contributed by atoms with Crippen molar-refractivity contribution in [3.8, 4) is 11.5 Å². The number of nitrogens with zero attached hydrogens (tertiary/aromatic N) is 2. The number of hydrogen-bond acceptors (Lipinski definition) is 4. The highest BCUT2D eigenvalue weighted by molar-refractivity contribution is 6.31. The summed E-state index contributed by atoms with van der Waals surface area (Å²) in [5.74, 6) is 1.71. The van der Waals surface area contributed by atoms with Crippen molar-refractivity contribution < 1.29 is 14.3 Å². The Labute approximate surface area is 205 Å². The van der Waals surface area contributed by atoms with Crippen LogP contribution in [0.4, 0.5) is 5.69 Å². The maximum absolute atomic E-state index is 13.5. The number of carbonyl (C=O) groups excluding carboxylic acids is 1. The number of hydrogen-bond donors (Lipinski definition) is 0. The van der Waals surface area contributed by atoms with E-state index < -0.39 is 0 Å². The number of amides is 1. The lowest BCUT2D eigenvalue weighted by Crippen LogP contribution is -2.45. The third kappa shape index (κ3) is 4.26. The Hall–Kier alpha value is -3.02. The second-order valence-corrected chi connectivity index (χ2v) is 9.63. The van der Waals surface area contributed by atoms with Gasteiger partial charge in [0, 0.05) is 34.8 Å². The van der Waals surface area contributed by atoms with E-state index in [1.807, 2.05) is 41.3 Å². The van der Waals surface area contributed by atoms with Gasteiger partial charge in [0.1, 0.15) is 11.5 Å². The highest BCUT2D eigenvalue weighted by Gasteiger charge is 2.46. The summed E-state index contributed by atoms with van der Waals surface area (Å²) in [6, 6.07) is 21.5. The van der Waals surface area contributed by atoms with Crippen molar-refractivity contribution in [2.75, 3.05) is 38.8 Å². The van der Waals surface area contributed by atoms with Crippen molar-refractivity contribution in [1.82, 2.24) is 4.90 Å². The minimum absolute atomic E-state index is 0.00963. The molecule has 2 heterocycles. The van der Waals surface area contributed by atoms with E-state index in [-0.39, 0.29) is 11.3 Å². The topological polar surface area (TPSA) is 42.0 Å². The molecular formula is C28H29ClN2O3. The van der Waals surface area contributed by atoms with Gasteiger partial charge < -0.3 is 14.4 Å². The molecule has 2 aliphatic rings. The molecule has 0 radical (unpaired) electrons. The molecule has 5 rings (SSSR count). The van der Waals surface area contributed by atoms with Crippen LogP contribution in [0.3, 0.4) is 0 Å². The maximum atomic E-state index is 13.5. The lowest BCUT2D eigenvalue weighted by Gasteiger charge is -2.40. The smallest absolute Gasteiger partial charge is 0.258 e. The van der Waals surface area contributed by atoms with Crippen molar-refractivity contribution in [3.63, 3.8) is 0 Å². The number of carbonyl (C=O) groups is 1. The zero-order valence-corrected chi connectivity index (χ0v) is 20.3. The van der Waals surface area contributed by atoms with E-state index in [0.717, 1.165) is 49.7 Å². The molecule has 3 aromatic rings. The van der Waals surface area contributed by atoms with E-state index in [2.05, 4.69) is 23.1 Å². The minimum atomic E-state index is -0.0804. The van der Waals surface area contributed by atoms with Gasteiger partial charge in [0.2, 0.25) is 0 Å². The molecule has 3 aromatic carbocycles. The number of piperidine rings is 1. The highest BCUT2D eigenvalue weighted by Crippen LogP contribution is 2.48. The van der Waals surface area contributed by atoms with Crippen LogP contribution < -0.4 is 14.4 Å². The third-order valence-corrected chi connectivity index (χ3v) is 7.43. The molecule has 0 atom stereocenters.